The number of nitrogens with one attached hydrogen (secondary N) is 4. The van der Waals surface area contributed by atoms with Crippen molar-refractivity contribution in [3.8, 4) is 28.4 Å². The zero-order chi connectivity index (χ0) is 33.0. The van der Waals surface area contributed by atoms with Gasteiger partial charge in [0.2, 0.25) is 23.0 Å². The summed E-state index contributed by atoms with van der Waals surface area (Å²) in [6.07, 6.45) is 1.84. The zero-order valence-electron chi connectivity index (χ0n) is 27.1. The van der Waals surface area contributed by atoms with Crippen molar-refractivity contribution in [3.05, 3.63) is 75.7 Å². The first-order valence-corrected chi connectivity index (χ1v) is 15.4. The first-order valence-electron chi connectivity index (χ1n) is 15.4. The Balaban J connectivity index is 1.54. The molecule has 3 aromatic carbocycles. The normalized spacial score (nSPS) is 15.0. The molecule has 11 heteroatoms. The van der Waals surface area contributed by atoms with Gasteiger partial charge in [0, 0.05) is 12.5 Å². The predicted octanol–water partition coefficient (Wildman–Crippen LogP) is 4.88. The van der Waals surface area contributed by atoms with Crippen LogP contribution < -0.4 is 35.6 Å². The largest absolute Gasteiger partial charge is 0.493 e. The summed E-state index contributed by atoms with van der Waals surface area (Å²) in [5.41, 5.74) is 4.71. The number of aromatic nitrogens is 2. The van der Waals surface area contributed by atoms with Crippen molar-refractivity contribution in [3.63, 3.8) is 0 Å². The van der Waals surface area contributed by atoms with Gasteiger partial charge in [-0.25, -0.2) is 4.98 Å². The van der Waals surface area contributed by atoms with Crippen LogP contribution in [0, 0.1) is 5.92 Å². The second-order valence-corrected chi connectivity index (χ2v) is 11.5. The molecule has 1 aromatic heterocycles. The van der Waals surface area contributed by atoms with E-state index in [-0.39, 0.29) is 35.4 Å². The molecule has 0 saturated heterocycles. The Morgan fingerprint density at radius 3 is 2.48 bits per heavy atom. The van der Waals surface area contributed by atoms with Crippen molar-refractivity contribution in [2.75, 3.05) is 26.6 Å². The van der Waals surface area contributed by atoms with E-state index >= 15 is 0 Å². The van der Waals surface area contributed by atoms with Crippen molar-refractivity contribution in [2.45, 2.75) is 58.7 Å². The molecule has 0 bridgehead atoms. The van der Waals surface area contributed by atoms with Crippen LogP contribution in [0.1, 0.15) is 56.6 Å². The highest BCUT2D eigenvalue weighted by molar-refractivity contribution is 5.86. The number of amides is 2. The Morgan fingerprint density at radius 1 is 1.04 bits per heavy atom. The number of methoxy groups -OCH3 is 3. The number of carbonyl (C=O) groups excluding carboxylic acids is 2. The molecule has 0 saturated carbocycles. The van der Waals surface area contributed by atoms with Gasteiger partial charge in [-0.2, -0.15) is 0 Å². The molecular formula is C35H41N5O6. The van der Waals surface area contributed by atoms with E-state index in [0.717, 1.165) is 22.2 Å². The zero-order valence-corrected chi connectivity index (χ0v) is 27.1. The van der Waals surface area contributed by atoms with E-state index in [9.17, 15) is 14.4 Å². The van der Waals surface area contributed by atoms with E-state index in [0.29, 0.717) is 53.5 Å². The third kappa shape index (κ3) is 6.49. The van der Waals surface area contributed by atoms with Crippen LogP contribution in [0.15, 0.2) is 53.3 Å². The van der Waals surface area contributed by atoms with Crippen LogP contribution in [0.25, 0.3) is 22.2 Å². The average molecular weight is 628 g/mol. The lowest BCUT2D eigenvalue weighted by molar-refractivity contribution is -0.123. The molecule has 4 aromatic rings. The monoisotopic (exact) mass is 627 g/mol. The number of aryl methyl sites for hydroxylation is 1. The molecule has 11 nitrogen and oxygen atoms in total. The molecular weight excluding hydrogens is 586 g/mol. The maximum atomic E-state index is 13.9. The number of ether oxygens (including phenoxy) is 3. The van der Waals surface area contributed by atoms with E-state index in [2.05, 4.69) is 25.9 Å². The Labute approximate surface area is 268 Å². The summed E-state index contributed by atoms with van der Waals surface area (Å²) in [6.45, 7) is 5.64. The summed E-state index contributed by atoms with van der Waals surface area (Å²) in [5, 5.41) is 9.25. The topological polar surface area (TPSA) is 144 Å². The number of para-hydroxylation sites is 2. The number of anilines is 1. The molecule has 2 amide bonds. The molecule has 1 heterocycles. The minimum Gasteiger partial charge on any atom is -0.493 e. The highest BCUT2D eigenvalue weighted by Gasteiger charge is 2.30. The van der Waals surface area contributed by atoms with E-state index in [1.54, 1.807) is 33.5 Å². The SMILES string of the molecule is CCC(C)C(Nc1ccc2c(cc1=O)C(NC(C)=O)CCc1cc(OC)c(OC)c(OC)c1-2)C(=O)NCc1nc2ccccc2[nH]1. The lowest BCUT2D eigenvalue weighted by Crippen LogP contribution is -2.44. The third-order valence-corrected chi connectivity index (χ3v) is 8.59. The van der Waals surface area contributed by atoms with Gasteiger partial charge < -0.3 is 35.1 Å². The molecule has 1 aliphatic carbocycles. The lowest BCUT2D eigenvalue weighted by atomic mass is 9.95. The molecule has 3 unspecified atom stereocenters. The van der Waals surface area contributed by atoms with Crippen LogP contribution in [0.4, 0.5) is 5.69 Å². The van der Waals surface area contributed by atoms with Gasteiger partial charge in [-0.15, -0.1) is 0 Å². The average Bonchev–Trinajstić information content (AvgIpc) is 3.34. The van der Waals surface area contributed by atoms with Crippen molar-refractivity contribution in [1.82, 2.24) is 20.6 Å². The van der Waals surface area contributed by atoms with Crippen LogP contribution in [-0.4, -0.2) is 49.2 Å². The lowest BCUT2D eigenvalue weighted by Gasteiger charge is -2.23. The number of rotatable bonds is 11. The first kappa shape index (κ1) is 32.3. The summed E-state index contributed by atoms with van der Waals surface area (Å²) in [4.78, 5) is 47.5. The number of benzene rings is 2. The second-order valence-electron chi connectivity index (χ2n) is 11.5. The van der Waals surface area contributed by atoms with Gasteiger partial charge in [0.1, 0.15) is 11.9 Å². The number of H-pyrrole nitrogens is 1. The molecule has 0 spiro atoms. The summed E-state index contributed by atoms with van der Waals surface area (Å²) >= 11 is 0. The Kier molecular flexibility index (Phi) is 9.79. The van der Waals surface area contributed by atoms with Gasteiger partial charge >= 0.3 is 0 Å². The Bertz CT molecular complexity index is 1790. The molecule has 0 aliphatic heterocycles. The van der Waals surface area contributed by atoms with Crippen molar-refractivity contribution < 1.29 is 23.8 Å². The van der Waals surface area contributed by atoms with Gasteiger partial charge in [-0.3, -0.25) is 14.4 Å². The highest BCUT2D eigenvalue weighted by atomic mass is 16.5. The van der Waals surface area contributed by atoms with Gasteiger partial charge in [-0.1, -0.05) is 38.5 Å². The van der Waals surface area contributed by atoms with Crippen LogP contribution in [0.3, 0.4) is 0 Å². The fourth-order valence-corrected chi connectivity index (χ4v) is 6.07. The van der Waals surface area contributed by atoms with Crippen molar-refractivity contribution in [2.24, 2.45) is 5.92 Å². The molecule has 242 valence electrons. The molecule has 4 N–H and O–H groups in total. The Hall–Kier alpha value is -5.06. The molecule has 0 fully saturated rings. The summed E-state index contributed by atoms with van der Waals surface area (Å²) in [6, 6.07) is 13.5. The second kappa shape index (κ2) is 13.9. The summed E-state index contributed by atoms with van der Waals surface area (Å²) < 4.78 is 17.2. The maximum Gasteiger partial charge on any atom is 0.243 e. The first-order chi connectivity index (χ1) is 22.2. The Morgan fingerprint density at radius 2 is 1.80 bits per heavy atom. The van der Waals surface area contributed by atoms with E-state index in [4.69, 9.17) is 14.2 Å². The van der Waals surface area contributed by atoms with Crippen LogP contribution in [0.5, 0.6) is 17.2 Å². The van der Waals surface area contributed by atoms with Gasteiger partial charge in [-0.05, 0) is 65.8 Å². The molecule has 1 aliphatic rings. The molecule has 3 atom stereocenters. The smallest absolute Gasteiger partial charge is 0.243 e. The highest BCUT2D eigenvalue weighted by Crippen LogP contribution is 2.50. The maximum absolute atomic E-state index is 13.9. The van der Waals surface area contributed by atoms with Crippen molar-refractivity contribution in [1.29, 1.82) is 0 Å². The standard InChI is InChI=1S/C35H41N5O6/c1-7-19(2)32(35(43)36-18-30-38-25-10-8-9-11-26(25)39-30)40-27-15-13-22-23(17-28(27)42)24(37-20(3)41)14-12-21-16-29(44-4)33(45-5)34(46-6)31(21)22/h8-11,13,15-17,19,24,32H,7,12,14,18H2,1-6H3,(H,36,43)(H,37,41)(H,38,39)(H,40,42). The minimum absolute atomic E-state index is 0.0944. The van der Waals surface area contributed by atoms with Gasteiger partial charge in [0.05, 0.1) is 50.6 Å². The predicted molar refractivity (Wildman–Crippen MR) is 177 cm³/mol. The third-order valence-electron chi connectivity index (χ3n) is 8.59. The van der Waals surface area contributed by atoms with E-state index in [1.807, 2.05) is 50.2 Å². The van der Waals surface area contributed by atoms with Crippen LogP contribution >= 0.6 is 0 Å². The van der Waals surface area contributed by atoms with Crippen LogP contribution in [0.2, 0.25) is 0 Å². The number of fused-ring (bicyclic) bond motifs is 4. The quantitative estimate of drug-likeness (QED) is 0.184. The number of hydrogen-bond acceptors (Lipinski definition) is 8. The molecule has 5 rings (SSSR count). The number of imidazole rings is 1. The van der Waals surface area contributed by atoms with Crippen molar-refractivity contribution >= 4 is 28.5 Å². The van der Waals surface area contributed by atoms with Crippen LogP contribution in [-0.2, 0) is 22.6 Å². The molecule has 46 heavy (non-hydrogen) atoms. The number of nitrogens with zero attached hydrogens (tertiary/aromatic N) is 1. The van der Waals surface area contributed by atoms with E-state index in [1.165, 1.54) is 6.92 Å². The van der Waals surface area contributed by atoms with Gasteiger partial charge in [0.15, 0.2) is 11.5 Å². The van der Waals surface area contributed by atoms with Gasteiger partial charge in [0.25, 0.3) is 0 Å². The fourth-order valence-electron chi connectivity index (χ4n) is 6.07. The number of carbonyl (C=O) groups is 2. The number of aromatic amines is 1. The number of hydrogen-bond donors (Lipinski definition) is 4. The summed E-state index contributed by atoms with van der Waals surface area (Å²) in [7, 11) is 4.67. The fraction of sp³-hybridized carbons (Fsp3) is 0.371. The van der Waals surface area contributed by atoms with E-state index < -0.39 is 12.1 Å². The summed E-state index contributed by atoms with van der Waals surface area (Å²) in [5.74, 6) is 1.51. The molecule has 0 radical (unpaired) electrons. The minimum atomic E-state index is -0.693.